The summed E-state index contributed by atoms with van der Waals surface area (Å²) < 4.78 is 5.18. The lowest BCUT2D eigenvalue weighted by Crippen LogP contribution is -2.45. The summed E-state index contributed by atoms with van der Waals surface area (Å²) in [5.41, 5.74) is 5.35. The van der Waals surface area contributed by atoms with Crippen LogP contribution in [0, 0.1) is 0 Å². The van der Waals surface area contributed by atoms with E-state index in [1.807, 2.05) is 0 Å². The van der Waals surface area contributed by atoms with Gasteiger partial charge in [-0.3, -0.25) is 9.59 Å². The molecule has 0 unspecified atom stereocenters. The van der Waals surface area contributed by atoms with Gasteiger partial charge in [-0.1, -0.05) is 0 Å². The first-order chi connectivity index (χ1) is 9.37. The molecule has 2 rings (SSSR count). The predicted molar refractivity (Wildman–Crippen MR) is 82.6 cm³/mol. The van der Waals surface area contributed by atoms with Crippen molar-refractivity contribution >= 4 is 18.3 Å². The molecule has 0 spiro atoms. The number of H-pyrrole nitrogens is 1. The van der Waals surface area contributed by atoms with Gasteiger partial charge in [0.1, 0.15) is 11.3 Å². The highest BCUT2D eigenvalue weighted by atomic mass is 35.5. The Bertz CT molecular complexity index is 657. The van der Waals surface area contributed by atoms with E-state index in [9.17, 15) is 9.59 Å². The van der Waals surface area contributed by atoms with Crippen molar-refractivity contribution in [3.63, 3.8) is 0 Å². The molecule has 2 aromatic rings. The molecule has 114 valence electrons. The standard InChI is InChI=1S/C14H17N3O3.ClH/c1-14(2,15)8-16-12(18)9-5-6-10(17-13(9)19)11-4-3-7-20-11;/h3-7H,8,15H2,1-2H3,(H,16,18)(H,17,19);1H. The molecule has 2 heterocycles. The third-order valence-corrected chi connectivity index (χ3v) is 2.65. The molecule has 4 N–H and O–H groups in total. The molecule has 21 heavy (non-hydrogen) atoms. The van der Waals surface area contributed by atoms with Gasteiger partial charge in [-0.15, -0.1) is 12.4 Å². The molecule has 0 fully saturated rings. The Labute approximate surface area is 128 Å². The zero-order chi connectivity index (χ0) is 14.8. The number of hydrogen-bond donors (Lipinski definition) is 3. The minimum absolute atomic E-state index is 0. The fraction of sp³-hybridized carbons (Fsp3) is 0.286. The lowest BCUT2D eigenvalue weighted by molar-refractivity contribution is 0.0944. The van der Waals surface area contributed by atoms with Crippen molar-refractivity contribution in [3.8, 4) is 11.5 Å². The summed E-state index contributed by atoms with van der Waals surface area (Å²) in [6.07, 6.45) is 1.51. The van der Waals surface area contributed by atoms with E-state index < -0.39 is 17.0 Å². The van der Waals surface area contributed by atoms with Crippen molar-refractivity contribution < 1.29 is 9.21 Å². The van der Waals surface area contributed by atoms with Crippen LogP contribution in [0.1, 0.15) is 24.2 Å². The highest BCUT2D eigenvalue weighted by Gasteiger charge is 2.16. The number of aromatic nitrogens is 1. The van der Waals surface area contributed by atoms with Crippen LogP contribution in [0.3, 0.4) is 0 Å². The maximum Gasteiger partial charge on any atom is 0.261 e. The van der Waals surface area contributed by atoms with Gasteiger partial charge in [-0.25, -0.2) is 0 Å². The second kappa shape index (κ2) is 6.60. The predicted octanol–water partition coefficient (Wildman–Crippen LogP) is 1.52. The number of halogens is 1. The molecule has 0 saturated carbocycles. The van der Waals surface area contributed by atoms with Gasteiger partial charge in [0.2, 0.25) is 0 Å². The van der Waals surface area contributed by atoms with Crippen LogP contribution in [0.2, 0.25) is 0 Å². The Morgan fingerprint density at radius 1 is 1.38 bits per heavy atom. The van der Waals surface area contributed by atoms with Gasteiger partial charge in [0.25, 0.3) is 11.5 Å². The number of pyridine rings is 1. The molecule has 0 atom stereocenters. The van der Waals surface area contributed by atoms with Crippen LogP contribution in [0.4, 0.5) is 0 Å². The Balaban J connectivity index is 0.00000220. The van der Waals surface area contributed by atoms with Crippen LogP contribution in [-0.2, 0) is 0 Å². The second-order valence-corrected chi connectivity index (χ2v) is 5.26. The van der Waals surface area contributed by atoms with Crippen molar-refractivity contribution in [1.29, 1.82) is 0 Å². The summed E-state index contributed by atoms with van der Waals surface area (Å²) in [6, 6.07) is 6.54. The molecule has 0 aromatic carbocycles. The van der Waals surface area contributed by atoms with Crippen LogP contribution in [0.15, 0.2) is 39.7 Å². The van der Waals surface area contributed by atoms with Gasteiger partial charge in [0.15, 0.2) is 0 Å². The van der Waals surface area contributed by atoms with Crippen LogP contribution < -0.4 is 16.6 Å². The maximum atomic E-state index is 11.9. The summed E-state index contributed by atoms with van der Waals surface area (Å²) in [5, 5.41) is 2.63. The number of hydrogen-bond acceptors (Lipinski definition) is 4. The summed E-state index contributed by atoms with van der Waals surface area (Å²) in [5.74, 6) is 0.0907. The third kappa shape index (κ3) is 4.47. The number of furan rings is 1. The molecule has 1 amide bonds. The van der Waals surface area contributed by atoms with Gasteiger partial charge in [-0.2, -0.15) is 0 Å². The monoisotopic (exact) mass is 311 g/mol. The number of carbonyl (C=O) groups is 1. The average Bonchev–Trinajstić information content (AvgIpc) is 2.88. The Hall–Kier alpha value is -2.05. The van der Waals surface area contributed by atoms with E-state index in [2.05, 4.69) is 10.3 Å². The van der Waals surface area contributed by atoms with Gasteiger partial charge in [-0.05, 0) is 38.1 Å². The van der Waals surface area contributed by atoms with E-state index in [4.69, 9.17) is 10.2 Å². The first kappa shape index (κ1) is 17.0. The van der Waals surface area contributed by atoms with Crippen molar-refractivity contribution in [2.45, 2.75) is 19.4 Å². The topological polar surface area (TPSA) is 101 Å². The van der Waals surface area contributed by atoms with Gasteiger partial charge < -0.3 is 20.5 Å². The lowest BCUT2D eigenvalue weighted by atomic mass is 10.1. The lowest BCUT2D eigenvalue weighted by Gasteiger charge is -2.18. The zero-order valence-electron chi connectivity index (χ0n) is 11.8. The highest BCUT2D eigenvalue weighted by molar-refractivity contribution is 5.94. The Kier molecular flexibility index (Phi) is 5.34. The van der Waals surface area contributed by atoms with Gasteiger partial charge >= 0.3 is 0 Å². The van der Waals surface area contributed by atoms with Crippen molar-refractivity contribution in [1.82, 2.24) is 10.3 Å². The van der Waals surface area contributed by atoms with Crippen LogP contribution in [0.25, 0.3) is 11.5 Å². The molecule has 0 aliphatic carbocycles. The van der Waals surface area contributed by atoms with E-state index in [-0.39, 0.29) is 24.5 Å². The van der Waals surface area contributed by atoms with Gasteiger partial charge in [0, 0.05) is 12.1 Å². The molecule has 6 nitrogen and oxygen atoms in total. The first-order valence-electron chi connectivity index (χ1n) is 6.21. The van der Waals surface area contributed by atoms with Crippen molar-refractivity contribution in [2.24, 2.45) is 5.73 Å². The minimum Gasteiger partial charge on any atom is -0.463 e. The quantitative estimate of drug-likeness (QED) is 0.797. The average molecular weight is 312 g/mol. The van der Waals surface area contributed by atoms with E-state index in [0.29, 0.717) is 11.5 Å². The molecule has 0 saturated heterocycles. The van der Waals surface area contributed by atoms with E-state index in [1.54, 1.807) is 32.0 Å². The number of aromatic amines is 1. The van der Waals surface area contributed by atoms with Gasteiger partial charge in [0.05, 0.1) is 12.0 Å². The van der Waals surface area contributed by atoms with Crippen LogP contribution in [0.5, 0.6) is 0 Å². The van der Waals surface area contributed by atoms with E-state index >= 15 is 0 Å². The summed E-state index contributed by atoms with van der Waals surface area (Å²) in [7, 11) is 0. The molecule has 7 heteroatoms. The van der Waals surface area contributed by atoms with Crippen molar-refractivity contribution in [2.75, 3.05) is 6.54 Å². The number of nitrogens with two attached hydrogens (primary N) is 1. The molecule has 0 radical (unpaired) electrons. The smallest absolute Gasteiger partial charge is 0.261 e. The fourth-order valence-electron chi connectivity index (χ4n) is 1.63. The normalized spacial score (nSPS) is 10.8. The minimum atomic E-state index is -0.531. The summed E-state index contributed by atoms with van der Waals surface area (Å²) in [4.78, 5) is 26.4. The second-order valence-electron chi connectivity index (χ2n) is 5.26. The number of amides is 1. The fourth-order valence-corrected chi connectivity index (χ4v) is 1.63. The summed E-state index contributed by atoms with van der Waals surface area (Å²) in [6.45, 7) is 3.86. The molecular formula is C14H18ClN3O3. The van der Waals surface area contributed by atoms with Crippen LogP contribution >= 0.6 is 12.4 Å². The summed E-state index contributed by atoms with van der Waals surface area (Å²) >= 11 is 0. The Morgan fingerprint density at radius 2 is 2.10 bits per heavy atom. The molecular weight excluding hydrogens is 294 g/mol. The maximum absolute atomic E-state index is 11.9. The molecule has 0 aliphatic heterocycles. The molecule has 0 bridgehead atoms. The number of nitrogens with one attached hydrogen (secondary N) is 2. The van der Waals surface area contributed by atoms with E-state index in [0.717, 1.165) is 0 Å². The molecule has 2 aromatic heterocycles. The SMILES string of the molecule is CC(C)(N)CNC(=O)c1ccc(-c2ccco2)[nH]c1=O.Cl. The zero-order valence-corrected chi connectivity index (χ0v) is 12.6. The van der Waals surface area contributed by atoms with Crippen molar-refractivity contribution in [3.05, 3.63) is 46.4 Å². The third-order valence-electron chi connectivity index (χ3n) is 2.65. The van der Waals surface area contributed by atoms with E-state index in [1.165, 1.54) is 12.3 Å². The number of carbonyl (C=O) groups excluding carboxylic acids is 1. The Morgan fingerprint density at radius 3 is 2.62 bits per heavy atom. The first-order valence-corrected chi connectivity index (χ1v) is 6.21. The largest absolute Gasteiger partial charge is 0.463 e. The number of rotatable bonds is 4. The molecule has 0 aliphatic rings. The van der Waals surface area contributed by atoms with Crippen LogP contribution in [-0.4, -0.2) is 23.0 Å². The highest BCUT2D eigenvalue weighted by Crippen LogP contribution is 2.15.